The molecule has 0 amide bonds. The normalized spacial score (nSPS) is 13.1. The van der Waals surface area contributed by atoms with E-state index in [4.69, 9.17) is 0 Å². The Kier molecular flexibility index (Phi) is 12.4. The third kappa shape index (κ3) is 8.31. The smallest absolute Gasteiger partial charge is 0.261 e. The number of pyridine rings is 3. The van der Waals surface area contributed by atoms with Gasteiger partial charge in [0.25, 0.3) is 16.7 Å². The second-order valence-electron chi connectivity index (χ2n) is 12.5. The van der Waals surface area contributed by atoms with Crippen LogP contribution in [0.4, 0.5) is 5.69 Å². The van der Waals surface area contributed by atoms with Crippen LogP contribution in [0.2, 0.25) is 0 Å². The summed E-state index contributed by atoms with van der Waals surface area (Å²) in [6, 6.07) is 22.2. The van der Waals surface area contributed by atoms with Gasteiger partial charge in [0.15, 0.2) is 17.3 Å². The fourth-order valence-corrected chi connectivity index (χ4v) is 8.42. The predicted octanol–water partition coefficient (Wildman–Crippen LogP) is 7.38. The number of thioether (sulfide) groups is 1. The highest BCUT2D eigenvalue weighted by molar-refractivity contribution is 7.99. The highest BCUT2D eigenvalue weighted by Crippen LogP contribution is 2.30. The molecule has 3 N–H and O–H groups in total. The van der Waals surface area contributed by atoms with E-state index in [1.54, 1.807) is 24.3 Å². The number of nitrogens with one attached hydrogen (secondary N) is 3. The molecule has 0 saturated carbocycles. The van der Waals surface area contributed by atoms with E-state index in [0.717, 1.165) is 58.3 Å². The summed E-state index contributed by atoms with van der Waals surface area (Å²) in [5, 5.41) is 2.53. The Bertz CT molecular complexity index is 2600. The third-order valence-electron chi connectivity index (χ3n) is 8.86. The molecule has 7 rings (SSSR count). The van der Waals surface area contributed by atoms with Crippen LogP contribution in [0.1, 0.15) is 75.4 Å². The lowest BCUT2D eigenvalue weighted by molar-refractivity contribution is 0.100. The van der Waals surface area contributed by atoms with Crippen LogP contribution in [0, 0.1) is 0 Å². The highest BCUT2D eigenvalue weighted by atomic mass is 32.2. The summed E-state index contributed by atoms with van der Waals surface area (Å²) in [7, 11) is -1.39. The molecule has 1 unspecified atom stereocenters. The number of benzene rings is 3. The second kappa shape index (κ2) is 17.0. The lowest BCUT2D eigenvalue weighted by Crippen LogP contribution is -2.33. The van der Waals surface area contributed by atoms with Gasteiger partial charge in [-0.3, -0.25) is 33.0 Å². The van der Waals surface area contributed by atoms with E-state index >= 15 is 0 Å². The number of aromatic nitrogens is 3. The SMILES string of the molecule is CC(=O)c1c(N2CCCCC2)c2ccccc2[nH]c1=O.CC(=O)c1c(S(C)=O)c2ccccc2[nH]c1=O.CSc1c(C(C)=O)c(=O)[nH]c2ccccc12.[HH].[HH].[HH]. The highest BCUT2D eigenvalue weighted by Gasteiger charge is 2.23. The molecule has 1 aliphatic rings. The summed E-state index contributed by atoms with van der Waals surface area (Å²) in [6.45, 7) is 6.00. The standard InChI is InChI=1S/C16H18N2O2.C12H11NO3S.C12H11NO2S.3H2/c1-11(19)14-15(18-9-5-2-6-10-18)12-7-3-4-8-13(12)17-16(14)20;1-7(14)10-11(17(2)16)8-5-3-4-6-9(8)13-12(10)15;1-7(14)10-11(16-2)8-5-3-4-6-9(8)13-12(10)15;;;/h3-4,7-8H,2,5-6,9-10H2,1H3,(H,17,20);3-6H,1-2H3,(H,13,15);3-6H,1-2H3,(H,13,15);3*1H. The summed E-state index contributed by atoms with van der Waals surface area (Å²) in [4.78, 5) is 82.1. The maximum absolute atomic E-state index is 12.2. The molecule has 11 nitrogen and oxygen atoms in total. The van der Waals surface area contributed by atoms with E-state index < -0.39 is 16.4 Å². The van der Waals surface area contributed by atoms with E-state index in [-0.39, 0.29) is 43.9 Å². The van der Waals surface area contributed by atoms with Crippen molar-refractivity contribution in [2.45, 2.75) is 49.8 Å². The van der Waals surface area contributed by atoms with Gasteiger partial charge in [0.1, 0.15) is 5.56 Å². The van der Waals surface area contributed by atoms with E-state index in [2.05, 4.69) is 19.9 Å². The zero-order chi connectivity index (χ0) is 38.4. The summed E-state index contributed by atoms with van der Waals surface area (Å²) in [5.41, 5.74) is 2.43. The number of ketones is 3. The van der Waals surface area contributed by atoms with Crippen molar-refractivity contribution < 1.29 is 22.9 Å². The number of aromatic amines is 3. The first-order valence-electron chi connectivity index (χ1n) is 17.0. The van der Waals surface area contributed by atoms with Crippen molar-refractivity contribution in [3.63, 3.8) is 0 Å². The van der Waals surface area contributed by atoms with Crippen molar-refractivity contribution in [3.8, 4) is 0 Å². The van der Waals surface area contributed by atoms with Crippen molar-refractivity contribution >= 4 is 78.3 Å². The van der Waals surface area contributed by atoms with Crippen molar-refractivity contribution in [2.24, 2.45) is 0 Å². The molecule has 0 spiro atoms. The Morgan fingerprint density at radius 1 is 0.623 bits per heavy atom. The van der Waals surface area contributed by atoms with Crippen LogP contribution < -0.4 is 21.6 Å². The number of anilines is 1. The number of rotatable bonds is 6. The zero-order valence-corrected chi connectivity index (χ0v) is 31.7. The molecule has 6 aromatic rings. The maximum atomic E-state index is 12.2. The average Bonchev–Trinajstić information content (AvgIpc) is 3.13. The van der Waals surface area contributed by atoms with Crippen LogP contribution in [-0.4, -0.2) is 62.1 Å². The minimum atomic E-state index is -1.39. The molecule has 3 aromatic heterocycles. The third-order valence-corrected chi connectivity index (χ3v) is 10.7. The average molecular weight is 759 g/mol. The van der Waals surface area contributed by atoms with Crippen LogP contribution in [0.15, 0.2) is 97.0 Å². The van der Waals surface area contributed by atoms with E-state index in [1.807, 2.05) is 54.8 Å². The maximum Gasteiger partial charge on any atom is 0.261 e. The number of nitrogens with zero attached hydrogens (tertiary/aromatic N) is 1. The van der Waals surface area contributed by atoms with Gasteiger partial charge in [-0.2, -0.15) is 0 Å². The Hall–Kier alpha value is -5.40. The lowest BCUT2D eigenvalue weighted by atomic mass is 10.0. The molecule has 0 bridgehead atoms. The molecule has 1 saturated heterocycles. The molecule has 3 aromatic carbocycles. The molecular weight excluding hydrogens is 713 g/mol. The predicted molar refractivity (Wildman–Crippen MR) is 220 cm³/mol. The fourth-order valence-electron chi connectivity index (χ4n) is 6.57. The molecule has 53 heavy (non-hydrogen) atoms. The summed E-state index contributed by atoms with van der Waals surface area (Å²) >= 11 is 1.43. The van der Waals surface area contributed by atoms with Gasteiger partial charge >= 0.3 is 0 Å². The number of hydrogen-bond acceptors (Lipinski definition) is 9. The molecule has 1 atom stereocenters. The number of para-hydroxylation sites is 3. The number of fused-ring (bicyclic) bond motifs is 3. The number of carbonyl (C=O) groups is 3. The molecule has 13 heteroatoms. The van der Waals surface area contributed by atoms with Gasteiger partial charge in [0, 0.05) is 55.7 Å². The van der Waals surface area contributed by atoms with E-state index in [1.165, 1.54) is 45.2 Å². The van der Waals surface area contributed by atoms with Gasteiger partial charge < -0.3 is 19.9 Å². The Labute approximate surface area is 316 Å². The minimum absolute atomic E-state index is 0. The van der Waals surface area contributed by atoms with Crippen LogP contribution in [-0.2, 0) is 10.8 Å². The second-order valence-corrected chi connectivity index (χ2v) is 14.6. The summed E-state index contributed by atoms with van der Waals surface area (Å²) in [6.07, 6.45) is 6.77. The van der Waals surface area contributed by atoms with Crippen LogP contribution in [0.3, 0.4) is 0 Å². The molecule has 0 radical (unpaired) electrons. The van der Waals surface area contributed by atoms with Crippen molar-refractivity contribution in [1.82, 2.24) is 15.0 Å². The minimum Gasteiger partial charge on any atom is -0.370 e. The molecule has 0 aliphatic carbocycles. The summed E-state index contributed by atoms with van der Waals surface area (Å²) in [5.74, 6) is -0.740. The van der Waals surface area contributed by atoms with E-state index in [0.29, 0.717) is 21.4 Å². The quantitative estimate of drug-likeness (QED) is 0.116. The van der Waals surface area contributed by atoms with Gasteiger partial charge in [-0.1, -0.05) is 54.6 Å². The Morgan fingerprint density at radius 3 is 1.53 bits per heavy atom. The largest absolute Gasteiger partial charge is 0.370 e. The molecule has 280 valence electrons. The van der Waals surface area contributed by atoms with Gasteiger partial charge in [0.2, 0.25) is 0 Å². The number of carbonyl (C=O) groups excluding carboxylic acids is 3. The zero-order valence-electron chi connectivity index (χ0n) is 30.1. The van der Waals surface area contributed by atoms with E-state index in [9.17, 15) is 33.0 Å². The number of Topliss-reactive ketones (excluding diaryl/α,β-unsaturated/α-hetero) is 3. The molecule has 4 heterocycles. The first-order valence-corrected chi connectivity index (χ1v) is 19.7. The first kappa shape index (κ1) is 38.8. The fraction of sp³-hybridized carbons (Fsp3) is 0.250. The van der Waals surface area contributed by atoms with Gasteiger partial charge in [-0.25, -0.2) is 0 Å². The van der Waals surface area contributed by atoms with Crippen molar-refractivity contribution in [2.75, 3.05) is 30.5 Å². The van der Waals surface area contributed by atoms with Gasteiger partial charge in [-0.15, -0.1) is 11.8 Å². The lowest BCUT2D eigenvalue weighted by Gasteiger charge is -2.31. The monoisotopic (exact) mass is 758 g/mol. The van der Waals surface area contributed by atoms with Gasteiger partial charge in [-0.05, 0) is 64.5 Å². The molecule has 1 fully saturated rings. The topological polar surface area (TPSA) is 170 Å². The number of piperidine rings is 1. The number of H-pyrrole nitrogens is 3. The van der Waals surface area contributed by atoms with Crippen molar-refractivity contribution in [1.29, 1.82) is 0 Å². The van der Waals surface area contributed by atoms with Gasteiger partial charge in [0.05, 0.1) is 38.0 Å². The van der Waals surface area contributed by atoms with Crippen LogP contribution >= 0.6 is 11.8 Å². The van der Waals surface area contributed by atoms with Crippen LogP contribution in [0.5, 0.6) is 0 Å². The molecule has 1 aliphatic heterocycles. The number of hydrogen-bond donors (Lipinski definition) is 3. The van der Waals surface area contributed by atoms with Crippen LogP contribution in [0.25, 0.3) is 32.7 Å². The summed E-state index contributed by atoms with van der Waals surface area (Å²) < 4.78 is 11.7. The Balaban J connectivity index is 0.000000285. The van der Waals surface area contributed by atoms with Crippen molar-refractivity contribution in [3.05, 3.63) is 121 Å². The first-order chi connectivity index (χ1) is 25.3. The Morgan fingerprint density at radius 2 is 1.04 bits per heavy atom. The molecular formula is C40H46N4O7S2.